The van der Waals surface area contributed by atoms with Gasteiger partial charge in [-0.25, -0.2) is 0 Å². The number of amides is 2. The van der Waals surface area contributed by atoms with Crippen LogP contribution in [0.25, 0.3) is 0 Å². The summed E-state index contributed by atoms with van der Waals surface area (Å²) in [6.07, 6.45) is 3.98. The van der Waals surface area contributed by atoms with Gasteiger partial charge in [0.15, 0.2) is 0 Å². The smallest absolute Gasteiger partial charge is 0.309 e. The second-order valence-electron chi connectivity index (χ2n) is 4.26. The van der Waals surface area contributed by atoms with Gasteiger partial charge >= 0.3 is 11.8 Å². The zero-order chi connectivity index (χ0) is 9.47. The average Bonchev–Trinajstić information content (AvgIpc) is 2.91. The summed E-state index contributed by atoms with van der Waals surface area (Å²) in [5.41, 5.74) is -0.0992. The monoisotopic (exact) mass is 182 g/mol. The highest BCUT2D eigenvalue weighted by Crippen LogP contribution is 2.34. The summed E-state index contributed by atoms with van der Waals surface area (Å²) in [5.74, 6) is -0.956. The Bertz CT molecular complexity index is 254. The van der Waals surface area contributed by atoms with E-state index in [2.05, 4.69) is 10.6 Å². The van der Waals surface area contributed by atoms with Gasteiger partial charge in [-0.1, -0.05) is 0 Å². The summed E-state index contributed by atoms with van der Waals surface area (Å²) in [6, 6.07) is 0.255. The summed E-state index contributed by atoms with van der Waals surface area (Å²) in [4.78, 5) is 22.4. The third-order valence-electron chi connectivity index (χ3n) is 2.53. The lowest BCUT2D eigenvalue weighted by Crippen LogP contribution is -2.45. The quantitative estimate of drug-likeness (QED) is 0.587. The first kappa shape index (κ1) is 8.53. The molecular formula is C9H14N2O2. The molecule has 0 aromatic heterocycles. The van der Waals surface area contributed by atoms with E-state index in [0.717, 1.165) is 25.7 Å². The summed E-state index contributed by atoms with van der Waals surface area (Å²) in [6.45, 7) is 1.95. The van der Waals surface area contributed by atoms with E-state index in [1.165, 1.54) is 0 Å². The van der Waals surface area contributed by atoms with E-state index in [-0.39, 0.29) is 11.6 Å². The first-order valence-corrected chi connectivity index (χ1v) is 4.72. The third kappa shape index (κ3) is 2.20. The van der Waals surface area contributed by atoms with Gasteiger partial charge in [-0.2, -0.15) is 0 Å². The van der Waals surface area contributed by atoms with E-state index >= 15 is 0 Å². The molecule has 4 heteroatoms. The average molecular weight is 182 g/mol. The molecule has 13 heavy (non-hydrogen) atoms. The standard InChI is InChI=1S/C9H14N2O2/c1-9(4-5-9)11-8(13)7(12)10-6-2-3-6/h6H,2-5H2,1H3,(H,10,12)(H,11,13). The Morgan fingerprint density at radius 1 is 1.23 bits per heavy atom. The van der Waals surface area contributed by atoms with Crippen molar-refractivity contribution in [1.82, 2.24) is 10.6 Å². The zero-order valence-electron chi connectivity index (χ0n) is 7.72. The molecule has 2 fully saturated rings. The van der Waals surface area contributed by atoms with Gasteiger partial charge in [-0.05, 0) is 32.6 Å². The molecule has 0 saturated heterocycles. The van der Waals surface area contributed by atoms with Gasteiger partial charge in [-0.3, -0.25) is 9.59 Å². The molecule has 0 aromatic rings. The molecule has 0 radical (unpaired) electrons. The molecule has 0 heterocycles. The number of carbonyl (C=O) groups is 2. The summed E-state index contributed by atoms with van der Waals surface area (Å²) < 4.78 is 0. The second kappa shape index (κ2) is 2.72. The minimum Gasteiger partial charge on any atom is -0.345 e. The predicted molar refractivity (Wildman–Crippen MR) is 46.9 cm³/mol. The molecule has 2 saturated carbocycles. The van der Waals surface area contributed by atoms with Crippen molar-refractivity contribution >= 4 is 11.8 Å². The van der Waals surface area contributed by atoms with E-state index in [1.54, 1.807) is 0 Å². The normalized spacial score (nSPS) is 23.5. The lowest BCUT2D eigenvalue weighted by molar-refractivity contribution is -0.139. The van der Waals surface area contributed by atoms with Gasteiger partial charge in [0.1, 0.15) is 0 Å². The fourth-order valence-corrected chi connectivity index (χ4v) is 1.12. The molecule has 2 amide bonds. The highest BCUT2D eigenvalue weighted by Gasteiger charge is 2.40. The van der Waals surface area contributed by atoms with Crippen LogP contribution in [0, 0.1) is 0 Å². The van der Waals surface area contributed by atoms with Crippen LogP contribution in [0.1, 0.15) is 32.6 Å². The van der Waals surface area contributed by atoms with Crippen molar-refractivity contribution in [2.75, 3.05) is 0 Å². The molecular weight excluding hydrogens is 168 g/mol. The highest BCUT2D eigenvalue weighted by atomic mass is 16.2. The van der Waals surface area contributed by atoms with Gasteiger partial charge in [-0.15, -0.1) is 0 Å². The van der Waals surface area contributed by atoms with Crippen LogP contribution in [-0.2, 0) is 9.59 Å². The van der Waals surface area contributed by atoms with Crippen molar-refractivity contribution in [3.8, 4) is 0 Å². The van der Waals surface area contributed by atoms with E-state index in [0.29, 0.717) is 0 Å². The van der Waals surface area contributed by atoms with Crippen LogP contribution in [0.5, 0.6) is 0 Å². The highest BCUT2D eigenvalue weighted by molar-refractivity contribution is 6.35. The van der Waals surface area contributed by atoms with Crippen molar-refractivity contribution in [1.29, 1.82) is 0 Å². The maximum Gasteiger partial charge on any atom is 0.309 e. The fourth-order valence-electron chi connectivity index (χ4n) is 1.12. The number of rotatable bonds is 2. The van der Waals surface area contributed by atoms with Crippen molar-refractivity contribution in [2.24, 2.45) is 0 Å². The molecule has 72 valence electrons. The predicted octanol–water partition coefficient (Wildman–Crippen LogP) is -0.0663. The van der Waals surface area contributed by atoms with Crippen LogP contribution in [0.4, 0.5) is 0 Å². The molecule has 0 aliphatic heterocycles. The van der Waals surface area contributed by atoms with Gasteiger partial charge in [0.05, 0.1) is 0 Å². The molecule has 2 aliphatic rings. The Kier molecular flexibility index (Phi) is 1.78. The third-order valence-corrected chi connectivity index (χ3v) is 2.53. The molecule has 2 N–H and O–H groups in total. The number of carbonyl (C=O) groups excluding carboxylic acids is 2. The van der Waals surface area contributed by atoms with Crippen molar-refractivity contribution in [2.45, 2.75) is 44.2 Å². The summed E-state index contributed by atoms with van der Waals surface area (Å²) >= 11 is 0. The molecule has 4 nitrogen and oxygen atoms in total. The molecule has 0 aromatic carbocycles. The zero-order valence-corrected chi connectivity index (χ0v) is 7.72. The maximum atomic E-state index is 11.2. The van der Waals surface area contributed by atoms with Crippen LogP contribution < -0.4 is 10.6 Å². The molecule has 2 aliphatic carbocycles. The fraction of sp³-hybridized carbons (Fsp3) is 0.778. The maximum absolute atomic E-state index is 11.2. The summed E-state index contributed by atoms with van der Waals surface area (Å²) in [5, 5.41) is 5.37. The van der Waals surface area contributed by atoms with E-state index < -0.39 is 11.8 Å². The van der Waals surface area contributed by atoms with Crippen LogP contribution in [-0.4, -0.2) is 23.4 Å². The van der Waals surface area contributed by atoms with Gasteiger partial charge in [0, 0.05) is 11.6 Å². The Balaban J connectivity index is 1.78. The van der Waals surface area contributed by atoms with E-state index in [4.69, 9.17) is 0 Å². The van der Waals surface area contributed by atoms with Crippen molar-refractivity contribution in [3.63, 3.8) is 0 Å². The Morgan fingerprint density at radius 2 is 1.85 bits per heavy atom. The first-order valence-electron chi connectivity index (χ1n) is 4.72. The van der Waals surface area contributed by atoms with Gasteiger partial charge < -0.3 is 10.6 Å². The Hall–Kier alpha value is -1.06. The second-order valence-corrected chi connectivity index (χ2v) is 4.26. The molecule has 0 spiro atoms. The van der Waals surface area contributed by atoms with Crippen LogP contribution in [0.3, 0.4) is 0 Å². The number of hydrogen-bond acceptors (Lipinski definition) is 2. The lowest BCUT2D eigenvalue weighted by Gasteiger charge is -2.10. The van der Waals surface area contributed by atoms with Crippen LogP contribution >= 0.6 is 0 Å². The molecule has 2 rings (SSSR count). The number of hydrogen-bond donors (Lipinski definition) is 2. The summed E-state index contributed by atoms with van der Waals surface area (Å²) in [7, 11) is 0. The molecule has 0 unspecified atom stereocenters. The Morgan fingerprint density at radius 3 is 2.31 bits per heavy atom. The van der Waals surface area contributed by atoms with Gasteiger partial charge in [0.25, 0.3) is 0 Å². The minimum atomic E-state index is -0.480. The molecule has 0 atom stereocenters. The first-order chi connectivity index (χ1) is 6.09. The SMILES string of the molecule is CC1(NC(=O)C(=O)NC2CC2)CC1. The molecule has 0 bridgehead atoms. The van der Waals surface area contributed by atoms with E-state index in [9.17, 15) is 9.59 Å². The van der Waals surface area contributed by atoms with Crippen molar-refractivity contribution < 1.29 is 9.59 Å². The number of nitrogens with one attached hydrogen (secondary N) is 2. The minimum absolute atomic E-state index is 0.0992. The van der Waals surface area contributed by atoms with Crippen molar-refractivity contribution in [3.05, 3.63) is 0 Å². The van der Waals surface area contributed by atoms with Crippen LogP contribution in [0.2, 0.25) is 0 Å². The topological polar surface area (TPSA) is 58.2 Å². The largest absolute Gasteiger partial charge is 0.345 e. The van der Waals surface area contributed by atoms with Crippen LogP contribution in [0.15, 0.2) is 0 Å². The Labute approximate surface area is 77.1 Å². The van der Waals surface area contributed by atoms with E-state index in [1.807, 2.05) is 6.92 Å². The lowest BCUT2D eigenvalue weighted by atomic mass is 10.3. The van der Waals surface area contributed by atoms with Gasteiger partial charge in [0.2, 0.25) is 0 Å².